The Morgan fingerprint density at radius 2 is 2.00 bits per heavy atom. The highest BCUT2D eigenvalue weighted by atomic mass is 16.5. The van der Waals surface area contributed by atoms with Crippen molar-refractivity contribution in [1.82, 2.24) is 10.6 Å². The highest BCUT2D eigenvalue weighted by Gasteiger charge is 2.13. The van der Waals surface area contributed by atoms with E-state index in [2.05, 4.69) is 24.5 Å². The summed E-state index contributed by atoms with van der Waals surface area (Å²) < 4.78 is 5.30. The standard InChI is InChI=1S/C15H24N2O2/c1-5-11(2)16-10-15(18)17-12(3)13-8-6-7-9-14(13)19-4/h6-9,11-12,16H,5,10H2,1-4H3,(H,17,18)/t11?,12-/m1/s1. The van der Waals surface area contributed by atoms with Gasteiger partial charge in [0.1, 0.15) is 5.75 Å². The number of hydrogen-bond donors (Lipinski definition) is 2. The van der Waals surface area contributed by atoms with E-state index in [1.807, 2.05) is 31.2 Å². The Morgan fingerprint density at radius 1 is 1.32 bits per heavy atom. The lowest BCUT2D eigenvalue weighted by Crippen LogP contribution is -2.38. The first-order valence-electron chi connectivity index (χ1n) is 6.74. The molecule has 0 saturated heterocycles. The maximum atomic E-state index is 11.8. The fourth-order valence-electron chi connectivity index (χ4n) is 1.81. The molecule has 1 aromatic carbocycles. The summed E-state index contributed by atoms with van der Waals surface area (Å²) in [5.74, 6) is 0.795. The van der Waals surface area contributed by atoms with Crippen molar-refractivity contribution in [3.8, 4) is 5.75 Å². The van der Waals surface area contributed by atoms with Crippen LogP contribution >= 0.6 is 0 Å². The molecular formula is C15H24N2O2. The van der Waals surface area contributed by atoms with Gasteiger partial charge in [-0.25, -0.2) is 0 Å². The summed E-state index contributed by atoms with van der Waals surface area (Å²) in [5.41, 5.74) is 0.988. The van der Waals surface area contributed by atoms with Crippen molar-refractivity contribution >= 4 is 5.91 Å². The van der Waals surface area contributed by atoms with Gasteiger partial charge in [0.25, 0.3) is 0 Å². The van der Waals surface area contributed by atoms with E-state index in [4.69, 9.17) is 4.74 Å². The average Bonchev–Trinajstić information content (AvgIpc) is 2.44. The van der Waals surface area contributed by atoms with Crippen molar-refractivity contribution in [3.05, 3.63) is 29.8 Å². The molecule has 2 atom stereocenters. The van der Waals surface area contributed by atoms with E-state index in [1.165, 1.54) is 0 Å². The van der Waals surface area contributed by atoms with Crippen LogP contribution in [0.4, 0.5) is 0 Å². The van der Waals surface area contributed by atoms with Gasteiger partial charge in [-0.05, 0) is 26.3 Å². The molecule has 0 radical (unpaired) electrons. The van der Waals surface area contributed by atoms with Crippen LogP contribution < -0.4 is 15.4 Å². The molecule has 0 heterocycles. The highest BCUT2D eigenvalue weighted by molar-refractivity contribution is 5.78. The van der Waals surface area contributed by atoms with Crippen LogP contribution in [0.3, 0.4) is 0 Å². The molecule has 106 valence electrons. The molecule has 2 N–H and O–H groups in total. The second kappa shape index (κ2) is 7.79. The maximum absolute atomic E-state index is 11.8. The lowest BCUT2D eigenvalue weighted by molar-refractivity contribution is -0.121. The normalized spacial score (nSPS) is 13.7. The molecule has 0 aliphatic heterocycles. The van der Waals surface area contributed by atoms with Gasteiger partial charge < -0.3 is 15.4 Å². The van der Waals surface area contributed by atoms with Gasteiger partial charge in [0, 0.05) is 11.6 Å². The predicted molar refractivity (Wildman–Crippen MR) is 77.3 cm³/mol. The molecule has 0 aromatic heterocycles. The first kappa shape index (κ1) is 15.5. The van der Waals surface area contributed by atoms with E-state index in [1.54, 1.807) is 7.11 Å². The third kappa shape index (κ3) is 4.91. The molecule has 0 spiro atoms. The SMILES string of the molecule is CCC(C)NCC(=O)N[C@H](C)c1ccccc1OC. The molecule has 19 heavy (non-hydrogen) atoms. The zero-order valence-corrected chi connectivity index (χ0v) is 12.2. The van der Waals surface area contributed by atoms with Crippen molar-refractivity contribution in [2.45, 2.75) is 39.3 Å². The van der Waals surface area contributed by atoms with Crippen LogP contribution in [0, 0.1) is 0 Å². The van der Waals surface area contributed by atoms with Crippen LogP contribution in [0.15, 0.2) is 24.3 Å². The van der Waals surface area contributed by atoms with Crippen LogP contribution in [0.2, 0.25) is 0 Å². The summed E-state index contributed by atoms with van der Waals surface area (Å²) >= 11 is 0. The molecule has 1 rings (SSSR count). The molecule has 4 nitrogen and oxygen atoms in total. The van der Waals surface area contributed by atoms with Crippen molar-refractivity contribution in [3.63, 3.8) is 0 Å². The van der Waals surface area contributed by atoms with Crippen LogP contribution in [0.1, 0.15) is 38.8 Å². The first-order valence-corrected chi connectivity index (χ1v) is 6.74. The number of amides is 1. The Balaban J connectivity index is 2.54. The molecule has 0 fully saturated rings. The van der Waals surface area contributed by atoms with E-state index in [9.17, 15) is 4.79 Å². The lowest BCUT2D eigenvalue weighted by atomic mass is 10.1. The van der Waals surface area contributed by atoms with E-state index >= 15 is 0 Å². The Hall–Kier alpha value is -1.55. The fourth-order valence-corrected chi connectivity index (χ4v) is 1.81. The lowest BCUT2D eigenvalue weighted by Gasteiger charge is -2.18. The number of ether oxygens (including phenoxy) is 1. The molecule has 1 amide bonds. The van der Waals surface area contributed by atoms with Crippen molar-refractivity contribution in [1.29, 1.82) is 0 Å². The fraction of sp³-hybridized carbons (Fsp3) is 0.533. The Bertz CT molecular complexity index is 407. The number of carbonyl (C=O) groups is 1. The number of hydrogen-bond acceptors (Lipinski definition) is 3. The van der Waals surface area contributed by atoms with Gasteiger partial charge in [-0.3, -0.25) is 4.79 Å². The Morgan fingerprint density at radius 3 is 2.63 bits per heavy atom. The summed E-state index contributed by atoms with van der Waals surface area (Å²) in [6.45, 7) is 6.46. The predicted octanol–water partition coefficient (Wildman–Crippen LogP) is 2.26. The average molecular weight is 264 g/mol. The van der Waals surface area contributed by atoms with Crippen LogP contribution in [0.5, 0.6) is 5.75 Å². The zero-order chi connectivity index (χ0) is 14.3. The summed E-state index contributed by atoms with van der Waals surface area (Å²) in [5, 5.41) is 6.14. The van der Waals surface area contributed by atoms with Crippen molar-refractivity contribution in [2.24, 2.45) is 0 Å². The molecule has 0 saturated carbocycles. The maximum Gasteiger partial charge on any atom is 0.234 e. The Labute approximate surface area is 115 Å². The van der Waals surface area contributed by atoms with Crippen LogP contribution in [0.25, 0.3) is 0 Å². The van der Waals surface area contributed by atoms with Gasteiger partial charge >= 0.3 is 0 Å². The number of nitrogens with one attached hydrogen (secondary N) is 2. The van der Waals surface area contributed by atoms with Gasteiger partial charge in [-0.15, -0.1) is 0 Å². The van der Waals surface area contributed by atoms with E-state index in [0.717, 1.165) is 17.7 Å². The van der Waals surface area contributed by atoms with Crippen LogP contribution in [-0.4, -0.2) is 25.6 Å². The van der Waals surface area contributed by atoms with E-state index in [0.29, 0.717) is 12.6 Å². The summed E-state index contributed by atoms with van der Waals surface area (Å²) in [6, 6.07) is 8.01. The van der Waals surface area contributed by atoms with Gasteiger partial charge in [0.05, 0.1) is 19.7 Å². The third-order valence-corrected chi connectivity index (χ3v) is 3.21. The summed E-state index contributed by atoms with van der Waals surface area (Å²) in [7, 11) is 1.64. The minimum Gasteiger partial charge on any atom is -0.496 e. The van der Waals surface area contributed by atoms with Gasteiger partial charge in [0.2, 0.25) is 5.91 Å². The number of rotatable bonds is 7. The van der Waals surface area contributed by atoms with Gasteiger partial charge in [0.15, 0.2) is 0 Å². The van der Waals surface area contributed by atoms with E-state index in [-0.39, 0.29) is 11.9 Å². The topological polar surface area (TPSA) is 50.4 Å². The molecule has 1 unspecified atom stereocenters. The van der Waals surface area contributed by atoms with E-state index < -0.39 is 0 Å². The second-order valence-corrected chi connectivity index (χ2v) is 4.72. The number of methoxy groups -OCH3 is 1. The molecule has 0 aliphatic rings. The molecule has 0 aliphatic carbocycles. The zero-order valence-electron chi connectivity index (χ0n) is 12.2. The number of carbonyl (C=O) groups excluding carboxylic acids is 1. The quantitative estimate of drug-likeness (QED) is 0.794. The molecule has 4 heteroatoms. The largest absolute Gasteiger partial charge is 0.496 e. The minimum atomic E-state index is -0.0672. The van der Waals surface area contributed by atoms with Crippen molar-refractivity contribution in [2.75, 3.05) is 13.7 Å². The minimum absolute atomic E-state index is 0.00120. The molecule has 1 aromatic rings. The van der Waals surface area contributed by atoms with Gasteiger partial charge in [-0.1, -0.05) is 25.1 Å². The third-order valence-electron chi connectivity index (χ3n) is 3.21. The summed E-state index contributed by atoms with van der Waals surface area (Å²) in [6.07, 6.45) is 1.01. The number of para-hydroxylation sites is 1. The monoisotopic (exact) mass is 264 g/mol. The highest BCUT2D eigenvalue weighted by Crippen LogP contribution is 2.23. The number of benzene rings is 1. The van der Waals surface area contributed by atoms with Crippen molar-refractivity contribution < 1.29 is 9.53 Å². The van der Waals surface area contributed by atoms with Crippen LogP contribution in [-0.2, 0) is 4.79 Å². The smallest absolute Gasteiger partial charge is 0.234 e. The summed E-state index contributed by atoms with van der Waals surface area (Å²) in [4.78, 5) is 11.8. The molecular weight excluding hydrogens is 240 g/mol. The Kier molecular flexibility index (Phi) is 6.36. The second-order valence-electron chi connectivity index (χ2n) is 4.72. The van der Waals surface area contributed by atoms with Gasteiger partial charge in [-0.2, -0.15) is 0 Å². The first-order chi connectivity index (χ1) is 9.08. The molecule has 0 bridgehead atoms.